The molecule has 7 heteroatoms. The molecule has 186 valence electrons. The number of ketones is 1. The molecule has 2 aromatic carbocycles. The van der Waals surface area contributed by atoms with E-state index in [9.17, 15) is 9.59 Å². The van der Waals surface area contributed by atoms with Gasteiger partial charge in [0.05, 0.1) is 12.3 Å². The van der Waals surface area contributed by atoms with Crippen LogP contribution in [0.1, 0.15) is 54.2 Å². The topological polar surface area (TPSA) is 68.5 Å². The average Bonchev–Trinajstić information content (AvgIpc) is 3.12. The maximum absolute atomic E-state index is 13.2. The van der Waals surface area contributed by atoms with Crippen LogP contribution < -0.4 is 0 Å². The molecule has 1 N–H and O–H groups in total. The number of aromatic nitrogens is 1. The minimum Gasteiger partial charge on any atom is -0.481 e. The van der Waals surface area contributed by atoms with E-state index in [2.05, 4.69) is 0 Å². The van der Waals surface area contributed by atoms with Gasteiger partial charge in [0.25, 0.3) is 0 Å². The van der Waals surface area contributed by atoms with Crippen molar-refractivity contribution >= 4 is 35.0 Å². The summed E-state index contributed by atoms with van der Waals surface area (Å²) in [6, 6.07) is 17.1. The number of halogens is 2. The van der Waals surface area contributed by atoms with E-state index >= 15 is 0 Å². The third kappa shape index (κ3) is 7.69. The first-order valence-corrected chi connectivity index (χ1v) is 12.5. The molecule has 0 saturated carbocycles. The van der Waals surface area contributed by atoms with Gasteiger partial charge in [-0.15, -0.1) is 0 Å². The van der Waals surface area contributed by atoms with Gasteiger partial charge in [-0.05, 0) is 55.0 Å². The largest absolute Gasteiger partial charge is 0.481 e. The van der Waals surface area contributed by atoms with Crippen molar-refractivity contribution in [2.75, 3.05) is 6.61 Å². The Morgan fingerprint density at radius 2 is 1.80 bits per heavy atom. The fraction of sp³-hybridized carbons (Fsp3) is 0.357. The van der Waals surface area contributed by atoms with E-state index < -0.39 is 5.97 Å². The number of carbonyl (C=O) groups excluding carboxylic acids is 1. The molecule has 0 aliphatic heterocycles. The zero-order valence-corrected chi connectivity index (χ0v) is 21.6. The summed E-state index contributed by atoms with van der Waals surface area (Å²) in [5.74, 6) is -1.18. The van der Waals surface area contributed by atoms with Crippen LogP contribution in [0.25, 0.3) is 11.3 Å². The lowest BCUT2D eigenvalue weighted by Crippen LogP contribution is -2.12. The van der Waals surface area contributed by atoms with Crippen LogP contribution in [0.15, 0.2) is 54.6 Å². The van der Waals surface area contributed by atoms with Gasteiger partial charge < -0.3 is 14.4 Å². The van der Waals surface area contributed by atoms with E-state index in [1.54, 1.807) is 6.92 Å². The van der Waals surface area contributed by atoms with Crippen molar-refractivity contribution in [1.82, 2.24) is 4.57 Å². The number of hydrogen-bond acceptors (Lipinski definition) is 3. The summed E-state index contributed by atoms with van der Waals surface area (Å²) in [6.07, 6.45) is 2.55. The monoisotopic (exact) mass is 515 g/mol. The van der Waals surface area contributed by atoms with E-state index in [1.165, 1.54) is 0 Å². The number of carboxylic acids is 1. The van der Waals surface area contributed by atoms with Crippen LogP contribution in [-0.4, -0.2) is 28.0 Å². The van der Waals surface area contributed by atoms with Crippen LogP contribution in [0.5, 0.6) is 0 Å². The number of Topliss-reactive ketones (excluding diaryl/α,β-unsaturated/α-hetero) is 1. The molecule has 1 aromatic heterocycles. The second kappa shape index (κ2) is 12.9. The molecule has 0 spiro atoms. The molecule has 5 nitrogen and oxygen atoms in total. The van der Waals surface area contributed by atoms with Crippen molar-refractivity contribution in [2.24, 2.45) is 13.0 Å². The van der Waals surface area contributed by atoms with E-state index in [-0.39, 0.29) is 24.5 Å². The number of aliphatic carboxylic acids is 1. The van der Waals surface area contributed by atoms with Crippen molar-refractivity contribution in [3.05, 3.63) is 81.5 Å². The number of carbonyl (C=O) groups is 2. The summed E-state index contributed by atoms with van der Waals surface area (Å²) in [5.41, 5.74) is 4.34. The first-order valence-electron chi connectivity index (χ1n) is 11.8. The zero-order chi connectivity index (χ0) is 25.4. The normalized spacial score (nSPS) is 12.0. The summed E-state index contributed by atoms with van der Waals surface area (Å²) in [5, 5.41) is 10.4. The van der Waals surface area contributed by atoms with E-state index in [1.807, 2.05) is 66.2 Å². The third-order valence-electron chi connectivity index (χ3n) is 5.98. The van der Waals surface area contributed by atoms with E-state index in [0.29, 0.717) is 35.2 Å². The predicted octanol–water partition coefficient (Wildman–Crippen LogP) is 7.22. The van der Waals surface area contributed by atoms with Gasteiger partial charge in [-0.2, -0.15) is 0 Å². The summed E-state index contributed by atoms with van der Waals surface area (Å²) in [4.78, 5) is 24.2. The second-order valence-electron chi connectivity index (χ2n) is 8.90. The maximum atomic E-state index is 13.2. The predicted molar refractivity (Wildman–Crippen MR) is 140 cm³/mol. The van der Waals surface area contributed by atoms with Crippen molar-refractivity contribution < 1.29 is 19.4 Å². The highest BCUT2D eigenvalue weighted by molar-refractivity contribution is 6.33. The Labute approximate surface area is 216 Å². The summed E-state index contributed by atoms with van der Waals surface area (Å²) in [6.45, 7) is 2.90. The van der Waals surface area contributed by atoms with Crippen molar-refractivity contribution in [3.63, 3.8) is 0 Å². The van der Waals surface area contributed by atoms with E-state index in [4.69, 9.17) is 33.0 Å². The number of benzene rings is 2. The van der Waals surface area contributed by atoms with Crippen LogP contribution in [0.2, 0.25) is 10.0 Å². The van der Waals surface area contributed by atoms with Gasteiger partial charge >= 0.3 is 5.97 Å². The van der Waals surface area contributed by atoms with Crippen molar-refractivity contribution in [2.45, 2.75) is 45.6 Å². The average molecular weight is 516 g/mol. The Bertz CT molecular complexity index is 1170. The molecule has 0 aliphatic rings. The standard InChI is InChI=1S/C28H31Cl2NO4/c1-19(15-28(33)34)14-27(32)23-17-26(22-10-3-4-11-24(22)30)31(2)25(23)12-5-6-13-35-18-20-8-7-9-21(29)16-20/h3-4,7-11,16-17,19H,5-6,12-15,18H2,1-2H3,(H,33,34)/t19-/m0/s1. The van der Waals surface area contributed by atoms with Crippen LogP contribution >= 0.6 is 23.2 Å². The summed E-state index contributed by atoms with van der Waals surface area (Å²) in [7, 11) is 1.95. The van der Waals surface area contributed by atoms with Gasteiger partial charge in [-0.25, -0.2) is 0 Å². The van der Waals surface area contributed by atoms with Crippen molar-refractivity contribution in [1.29, 1.82) is 0 Å². The molecule has 3 rings (SSSR count). The Morgan fingerprint density at radius 1 is 1.03 bits per heavy atom. The highest BCUT2D eigenvalue weighted by atomic mass is 35.5. The molecule has 3 aromatic rings. The summed E-state index contributed by atoms with van der Waals surface area (Å²) < 4.78 is 7.83. The SMILES string of the molecule is C[C@H](CC(=O)O)CC(=O)c1cc(-c2ccccc2Cl)n(C)c1CCCCOCc1cccc(Cl)c1. The number of hydrogen-bond donors (Lipinski definition) is 1. The van der Waals surface area contributed by atoms with Crippen LogP contribution in [0, 0.1) is 5.92 Å². The van der Waals surface area contributed by atoms with E-state index in [0.717, 1.165) is 35.4 Å². The zero-order valence-electron chi connectivity index (χ0n) is 20.1. The van der Waals surface area contributed by atoms with Crippen LogP contribution in [-0.2, 0) is 29.6 Å². The Hall–Kier alpha value is -2.60. The molecule has 0 aliphatic carbocycles. The molecule has 35 heavy (non-hydrogen) atoms. The number of rotatable bonds is 13. The van der Waals surface area contributed by atoms with Crippen molar-refractivity contribution in [3.8, 4) is 11.3 Å². The molecule has 0 saturated heterocycles. The quantitative estimate of drug-likeness (QED) is 0.192. The Kier molecular flexibility index (Phi) is 9.96. The Morgan fingerprint density at radius 3 is 2.51 bits per heavy atom. The lowest BCUT2D eigenvalue weighted by molar-refractivity contribution is -0.137. The molecule has 1 atom stereocenters. The van der Waals surface area contributed by atoms with Gasteiger partial charge in [-0.3, -0.25) is 9.59 Å². The highest BCUT2D eigenvalue weighted by Gasteiger charge is 2.22. The first kappa shape index (κ1) is 27.0. The molecular weight excluding hydrogens is 485 g/mol. The number of nitrogens with zero attached hydrogens (tertiary/aromatic N) is 1. The molecular formula is C28H31Cl2NO4. The number of carboxylic acid groups (broad SMARTS) is 1. The molecule has 0 bridgehead atoms. The molecule has 0 amide bonds. The van der Waals surface area contributed by atoms with Gasteiger partial charge in [0.1, 0.15) is 0 Å². The van der Waals surface area contributed by atoms with Gasteiger partial charge in [0.2, 0.25) is 0 Å². The van der Waals surface area contributed by atoms with Crippen LogP contribution in [0.4, 0.5) is 0 Å². The fourth-order valence-corrected chi connectivity index (χ4v) is 4.67. The Balaban J connectivity index is 1.69. The van der Waals surface area contributed by atoms with Crippen LogP contribution in [0.3, 0.4) is 0 Å². The lowest BCUT2D eigenvalue weighted by atomic mass is 9.96. The third-order valence-corrected chi connectivity index (χ3v) is 6.54. The number of ether oxygens (including phenoxy) is 1. The molecule has 0 unspecified atom stereocenters. The minimum absolute atomic E-state index is 0.0325. The second-order valence-corrected chi connectivity index (χ2v) is 9.74. The lowest BCUT2D eigenvalue weighted by Gasteiger charge is -2.12. The fourth-order valence-electron chi connectivity index (χ4n) is 4.22. The maximum Gasteiger partial charge on any atom is 0.303 e. The first-order chi connectivity index (χ1) is 16.8. The molecule has 0 fully saturated rings. The smallest absolute Gasteiger partial charge is 0.303 e. The molecule has 0 radical (unpaired) electrons. The van der Waals surface area contributed by atoms with Gasteiger partial charge in [0, 0.05) is 53.4 Å². The highest BCUT2D eigenvalue weighted by Crippen LogP contribution is 2.32. The number of unbranched alkanes of at least 4 members (excludes halogenated alkanes) is 1. The van der Waals surface area contributed by atoms with Gasteiger partial charge in [-0.1, -0.05) is 60.5 Å². The van der Waals surface area contributed by atoms with Gasteiger partial charge in [0.15, 0.2) is 5.78 Å². The molecule has 1 heterocycles. The summed E-state index contributed by atoms with van der Waals surface area (Å²) >= 11 is 12.5. The minimum atomic E-state index is -0.895.